The van der Waals surface area contributed by atoms with Crippen molar-refractivity contribution in [2.24, 2.45) is 11.8 Å². The molecule has 4 rings (SSSR count). The van der Waals surface area contributed by atoms with E-state index in [1.165, 1.54) is 35.2 Å². The molecule has 1 fully saturated rings. The van der Waals surface area contributed by atoms with E-state index >= 15 is 0 Å². The molecule has 8 heteroatoms. The molecule has 7 nitrogen and oxygen atoms in total. The highest BCUT2D eigenvalue weighted by Gasteiger charge is 2.46. The fourth-order valence-electron chi connectivity index (χ4n) is 5.31. The van der Waals surface area contributed by atoms with Crippen molar-refractivity contribution in [3.63, 3.8) is 0 Å². The molecule has 0 bridgehead atoms. The molecule has 1 amide bonds. The number of carbonyl (C=O) groups excluding carboxylic acids is 3. The van der Waals surface area contributed by atoms with Crippen LogP contribution in [0.25, 0.3) is 0 Å². The number of halogens is 1. The Bertz CT molecular complexity index is 1290. The summed E-state index contributed by atoms with van der Waals surface area (Å²) in [5.41, 5.74) is 1.32. The van der Waals surface area contributed by atoms with E-state index in [1.807, 2.05) is 0 Å². The Hall–Kier alpha value is -4.04. The lowest BCUT2D eigenvalue weighted by Gasteiger charge is -2.43. The largest absolute Gasteiger partial charge is 0.508 e. The molecular weight excluding hydrogens is 487 g/mol. The van der Waals surface area contributed by atoms with Gasteiger partial charge in [0.1, 0.15) is 17.3 Å². The van der Waals surface area contributed by atoms with Gasteiger partial charge in [-0.2, -0.15) is 0 Å². The number of phenolic OH excluding ortho intramolecular Hbond substituents is 2. The van der Waals surface area contributed by atoms with Crippen LogP contribution in [0.15, 0.2) is 66.7 Å². The molecule has 1 saturated heterocycles. The number of phenols is 2. The lowest BCUT2D eigenvalue weighted by molar-refractivity contribution is -0.133. The number of ketones is 2. The van der Waals surface area contributed by atoms with Crippen LogP contribution in [0.2, 0.25) is 0 Å². The van der Waals surface area contributed by atoms with E-state index in [0.29, 0.717) is 17.7 Å². The van der Waals surface area contributed by atoms with Gasteiger partial charge >= 0.3 is 0 Å². The van der Waals surface area contributed by atoms with Crippen LogP contribution in [0, 0.1) is 24.6 Å². The maximum Gasteiger partial charge on any atom is 0.223 e. The summed E-state index contributed by atoms with van der Waals surface area (Å²) in [4.78, 5) is 42.6. The third-order valence-corrected chi connectivity index (χ3v) is 7.25. The van der Waals surface area contributed by atoms with Crippen LogP contribution in [-0.4, -0.2) is 59.3 Å². The number of amides is 1. The molecular formula is C30H31FN2O5. The summed E-state index contributed by atoms with van der Waals surface area (Å²) in [6.45, 7) is 2.13. The maximum atomic E-state index is 14.8. The molecule has 1 aliphatic heterocycles. The Morgan fingerprint density at radius 1 is 0.895 bits per heavy atom. The summed E-state index contributed by atoms with van der Waals surface area (Å²) in [6, 6.07) is 16.5. The molecule has 0 aliphatic carbocycles. The zero-order valence-electron chi connectivity index (χ0n) is 21.4. The number of piperidine rings is 1. The van der Waals surface area contributed by atoms with Crippen LogP contribution in [0.4, 0.5) is 4.39 Å². The molecule has 3 aromatic rings. The number of hydrogen-bond donors (Lipinski definition) is 3. The van der Waals surface area contributed by atoms with E-state index in [-0.39, 0.29) is 59.6 Å². The monoisotopic (exact) mass is 518 g/mol. The highest BCUT2D eigenvalue weighted by Crippen LogP contribution is 2.43. The van der Waals surface area contributed by atoms with Gasteiger partial charge in [-0.15, -0.1) is 0 Å². The van der Waals surface area contributed by atoms with Crippen LogP contribution in [0.5, 0.6) is 11.5 Å². The van der Waals surface area contributed by atoms with Crippen molar-refractivity contribution in [3.05, 3.63) is 94.8 Å². The normalized spacial score (nSPS) is 17.8. The fraction of sp³-hybridized carbons (Fsp3) is 0.300. The first-order valence-electron chi connectivity index (χ1n) is 12.5. The van der Waals surface area contributed by atoms with Crippen LogP contribution in [-0.2, 0) is 4.79 Å². The minimum atomic E-state index is -0.879. The van der Waals surface area contributed by atoms with Crippen molar-refractivity contribution in [2.75, 3.05) is 26.7 Å². The van der Waals surface area contributed by atoms with Gasteiger partial charge in [-0.05, 0) is 55.4 Å². The standard InChI is InChI=1S/C30H31FN2O5/c1-18-23(10-5-11-26(18)31)28-24(29(37)19-6-3-8-21(34)14-19)16-33(27(36)12-13-32-2)17-25(28)30(38)20-7-4-9-22(35)15-20/h3-11,14-15,24-25,28,32,34-35H,12-13,16-17H2,1-2H3/t24-,25-/m0/s1. The van der Waals surface area contributed by atoms with Crippen molar-refractivity contribution in [1.29, 1.82) is 0 Å². The maximum absolute atomic E-state index is 14.8. The molecule has 2 atom stereocenters. The second kappa shape index (κ2) is 11.6. The van der Waals surface area contributed by atoms with Crippen LogP contribution in [0.3, 0.4) is 0 Å². The van der Waals surface area contributed by atoms with E-state index in [9.17, 15) is 29.0 Å². The molecule has 38 heavy (non-hydrogen) atoms. The Morgan fingerprint density at radius 2 is 1.42 bits per heavy atom. The number of rotatable bonds is 8. The van der Waals surface area contributed by atoms with Gasteiger partial charge in [-0.3, -0.25) is 14.4 Å². The number of benzene rings is 3. The highest BCUT2D eigenvalue weighted by atomic mass is 19.1. The third-order valence-electron chi connectivity index (χ3n) is 7.25. The van der Waals surface area contributed by atoms with Crippen LogP contribution >= 0.6 is 0 Å². The van der Waals surface area contributed by atoms with Gasteiger partial charge in [0.15, 0.2) is 11.6 Å². The molecule has 1 aliphatic rings. The first-order chi connectivity index (χ1) is 18.2. The highest BCUT2D eigenvalue weighted by molar-refractivity contribution is 6.03. The van der Waals surface area contributed by atoms with E-state index in [2.05, 4.69) is 5.32 Å². The molecule has 0 spiro atoms. The Balaban J connectivity index is 1.87. The first kappa shape index (κ1) is 27.0. The van der Waals surface area contributed by atoms with Gasteiger partial charge in [-0.1, -0.05) is 36.4 Å². The van der Waals surface area contributed by atoms with Crippen molar-refractivity contribution < 1.29 is 29.0 Å². The van der Waals surface area contributed by atoms with Crippen molar-refractivity contribution in [1.82, 2.24) is 10.2 Å². The molecule has 3 aromatic carbocycles. The SMILES string of the molecule is CNCCC(=O)N1C[C@H](C(=O)c2cccc(O)c2)C(c2cccc(F)c2C)[C@@H](C(=O)c2cccc(O)c2)C1. The molecule has 198 valence electrons. The summed E-state index contributed by atoms with van der Waals surface area (Å²) in [5.74, 6) is -4.04. The van der Waals surface area contributed by atoms with Gasteiger partial charge in [0, 0.05) is 54.9 Å². The second-order valence-corrected chi connectivity index (χ2v) is 9.67. The topological polar surface area (TPSA) is 107 Å². The number of aromatic hydroxyl groups is 2. The number of carbonyl (C=O) groups is 3. The Labute approximate surface area is 220 Å². The molecule has 0 saturated carbocycles. The average Bonchev–Trinajstić information content (AvgIpc) is 2.91. The van der Waals surface area contributed by atoms with E-state index in [4.69, 9.17) is 0 Å². The van der Waals surface area contributed by atoms with Gasteiger partial charge in [0.2, 0.25) is 5.91 Å². The summed E-state index contributed by atoms with van der Waals surface area (Å²) < 4.78 is 14.8. The van der Waals surface area contributed by atoms with Gasteiger partial charge in [0.05, 0.1) is 0 Å². The molecule has 0 aromatic heterocycles. The molecule has 0 radical (unpaired) electrons. The quantitative estimate of drug-likeness (QED) is 0.388. The van der Waals surface area contributed by atoms with Crippen molar-refractivity contribution >= 4 is 17.5 Å². The Morgan fingerprint density at radius 3 is 1.92 bits per heavy atom. The summed E-state index contributed by atoms with van der Waals surface area (Å²) in [7, 11) is 1.73. The number of likely N-dealkylation sites (tertiary alicyclic amines) is 1. The predicted octanol–water partition coefficient (Wildman–Crippen LogP) is 4.08. The van der Waals surface area contributed by atoms with Gasteiger partial charge in [-0.25, -0.2) is 4.39 Å². The van der Waals surface area contributed by atoms with Crippen molar-refractivity contribution in [2.45, 2.75) is 19.3 Å². The van der Waals surface area contributed by atoms with Crippen LogP contribution < -0.4 is 5.32 Å². The third kappa shape index (κ3) is 5.60. The Kier molecular flexibility index (Phi) is 8.22. The molecule has 0 unspecified atom stereocenters. The minimum absolute atomic E-state index is 0.0431. The van der Waals surface area contributed by atoms with Crippen molar-refractivity contribution in [3.8, 4) is 11.5 Å². The fourth-order valence-corrected chi connectivity index (χ4v) is 5.31. The predicted molar refractivity (Wildman–Crippen MR) is 141 cm³/mol. The number of nitrogens with zero attached hydrogens (tertiary/aromatic N) is 1. The first-order valence-corrected chi connectivity index (χ1v) is 12.5. The zero-order valence-corrected chi connectivity index (χ0v) is 21.4. The second-order valence-electron chi connectivity index (χ2n) is 9.67. The summed E-state index contributed by atoms with van der Waals surface area (Å²) in [5, 5.41) is 23.0. The number of nitrogens with one attached hydrogen (secondary N) is 1. The molecule has 3 N–H and O–H groups in total. The van der Waals surface area contributed by atoms with Gasteiger partial charge in [0.25, 0.3) is 0 Å². The molecule has 1 heterocycles. The average molecular weight is 519 g/mol. The van der Waals surface area contributed by atoms with E-state index < -0.39 is 23.6 Å². The van der Waals surface area contributed by atoms with Gasteiger partial charge < -0.3 is 20.4 Å². The van der Waals surface area contributed by atoms with E-state index in [1.54, 1.807) is 50.4 Å². The smallest absolute Gasteiger partial charge is 0.223 e. The minimum Gasteiger partial charge on any atom is -0.508 e. The summed E-state index contributed by atoms with van der Waals surface area (Å²) in [6.07, 6.45) is 0.181. The number of Topliss-reactive ketones (excluding diaryl/α,β-unsaturated/α-hetero) is 2. The van der Waals surface area contributed by atoms with E-state index in [0.717, 1.165) is 0 Å². The van der Waals surface area contributed by atoms with Crippen LogP contribution in [0.1, 0.15) is 44.2 Å². The number of hydrogen-bond acceptors (Lipinski definition) is 6. The lowest BCUT2D eigenvalue weighted by Crippen LogP contribution is -2.52. The lowest BCUT2D eigenvalue weighted by atomic mass is 9.67. The summed E-state index contributed by atoms with van der Waals surface area (Å²) >= 11 is 0. The zero-order chi connectivity index (χ0) is 27.4.